The standard InChI is InChI=1S/C23H20N2O2/c1-23(2)10-9-18-12-17(5-8-22(18)27-23)13-20(15-25)19(14-24)11-16-3-6-21(26)7-4-16/h3-8,11-13,26H,9-10H2,1-2H3. The molecule has 0 fully saturated rings. The third kappa shape index (κ3) is 4.37. The first-order chi connectivity index (χ1) is 12.9. The van der Waals surface area contributed by atoms with Crippen LogP contribution in [-0.2, 0) is 6.42 Å². The molecule has 0 atom stereocenters. The molecule has 2 aromatic rings. The second kappa shape index (κ2) is 7.40. The number of hydrogen-bond acceptors (Lipinski definition) is 4. The van der Waals surface area contributed by atoms with Gasteiger partial charge in [-0.25, -0.2) is 0 Å². The first-order valence-corrected chi connectivity index (χ1v) is 8.75. The number of fused-ring (bicyclic) bond motifs is 1. The van der Waals surface area contributed by atoms with Crippen molar-refractivity contribution in [2.45, 2.75) is 32.3 Å². The van der Waals surface area contributed by atoms with Crippen molar-refractivity contribution in [2.75, 3.05) is 0 Å². The molecule has 3 rings (SSSR count). The summed E-state index contributed by atoms with van der Waals surface area (Å²) in [4.78, 5) is 0. The molecule has 0 aliphatic carbocycles. The fourth-order valence-corrected chi connectivity index (χ4v) is 3.01. The van der Waals surface area contributed by atoms with Crippen LogP contribution < -0.4 is 4.74 Å². The Hall–Kier alpha value is -3.50. The van der Waals surface area contributed by atoms with Crippen LogP contribution in [0, 0.1) is 22.7 Å². The minimum absolute atomic E-state index is 0.154. The van der Waals surface area contributed by atoms with Crippen LogP contribution in [0.1, 0.15) is 37.0 Å². The van der Waals surface area contributed by atoms with E-state index in [0.29, 0.717) is 5.57 Å². The van der Waals surface area contributed by atoms with E-state index in [1.807, 2.05) is 18.2 Å². The van der Waals surface area contributed by atoms with E-state index >= 15 is 0 Å². The van der Waals surface area contributed by atoms with Crippen molar-refractivity contribution in [3.8, 4) is 23.6 Å². The van der Waals surface area contributed by atoms with Crippen molar-refractivity contribution >= 4 is 12.2 Å². The Morgan fingerprint density at radius 1 is 1.00 bits per heavy atom. The van der Waals surface area contributed by atoms with Gasteiger partial charge in [0.15, 0.2) is 0 Å². The number of ether oxygens (including phenoxy) is 1. The number of hydrogen-bond donors (Lipinski definition) is 1. The summed E-state index contributed by atoms with van der Waals surface area (Å²) in [5, 5.41) is 28.4. The Labute approximate surface area is 159 Å². The van der Waals surface area contributed by atoms with Gasteiger partial charge < -0.3 is 9.84 Å². The maximum atomic E-state index is 9.54. The van der Waals surface area contributed by atoms with E-state index in [-0.39, 0.29) is 16.9 Å². The molecule has 27 heavy (non-hydrogen) atoms. The molecular weight excluding hydrogens is 336 g/mol. The first kappa shape index (κ1) is 18.3. The van der Waals surface area contributed by atoms with Crippen LogP contribution in [0.2, 0.25) is 0 Å². The monoisotopic (exact) mass is 356 g/mol. The van der Waals surface area contributed by atoms with Crippen molar-refractivity contribution in [3.05, 3.63) is 70.3 Å². The number of allylic oxidation sites excluding steroid dienone is 2. The first-order valence-electron chi connectivity index (χ1n) is 8.75. The van der Waals surface area contributed by atoms with Gasteiger partial charge in [0.25, 0.3) is 0 Å². The Kier molecular flexibility index (Phi) is 5.01. The summed E-state index contributed by atoms with van der Waals surface area (Å²) < 4.78 is 5.99. The van der Waals surface area contributed by atoms with Gasteiger partial charge in [0.1, 0.15) is 29.2 Å². The highest BCUT2D eigenvalue weighted by Crippen LogP contribution is 2.34. The molecule has 0 saturated carbocycles. The summed E-state index contributed by atoms with van der Waals surface area (Å²) in [7, 11) is 0. The molecule has 0 spiro atoms. The van der Waals surface area contributed by atoms with Crippen LogP contribution in [0.15, 0.2) is 53.6 Å². The molecule has 1 heterocycles. The predicted octanol–water partition coefficient (Wildman–Crippen LogP) is 5.01. The second-order valence-corrected chi connectivity index (χ2v) is 7.16. The number of phenolic OH excluding ortho intramolecular Hbond substituents is 1. The van der Waals surface area contributed by atoms with Gasteiger partial charge in [-0.05, 0) is 79.8 Å². The summed E-state index contributed by atoms with van der Waals surface area (Å²) >= 11 is 0. The SMILES string of the molecule is CC1(C)CCc2cc(C=C(C#N)C(C#N)=Cc3ccc(O)cc3)ccc2O1. The van der Waals surface area contributed by atoms with E-state index in [1.165, 1.54) is 0 Å². The van der Waals surface area contributed by atoms with E-state index in [0.717, 1.165) is 35.3 Å². The lowest BCUT2D eigenvalue weighted by atomic mass is 9.93. The number of rotatable bonds is 3. The number of phenols is 1. The molecule has 1 N–H and O–H groups in total. The fraction of sp³-hybridized carbons (Fsp3) is 0.217. The summed E-state index contributed by atoms with van der Waals surface area (Å²) in [6.45, 7) is 4.15. The van der Waals surface area contributed by atoms with Crippen molar-refractivity contribution in [3.63, 3.8) is 0 Å². The third-order valence-electron chi connectivity index (χ3n) is 4.51. The van der Waals surface area contributed by atoms with Gasteiger partial charge in [0.2, 0.25) is 0 Å². The lowest BCUT2D eigenvalue weighted by molar-refractivity contribution is 0.0847. The van der Waals surface area contributed by atoms with E-state index in [1.54, 1.807) is 36.4 Å². The topological polar surface area (TPSA) is 77.0 Å². The zero-order valence-electron chi connectivity index (χ0n) is 15.4. The number of aromatic hydroxyl groups is 1. The smallest absolute Gasteiger partial charge is 0.123 e. The van der Waals surface area contributed by atoms with Crippen LogP contribution in [-0.4, -0.2) is 10.7 Å². The van der Waals surface area contributed by atoms with Gasteiger partial charge in [0, 0.05) is 0 Å². The fourth-order valence-electron chi connectivity index (χ4n) is 3.01. The summed E-state index contributed by atoms with van der Waals surface area (Å²) in [5.74, 6) is 1.03. The van der Waals surface area contributed by atoms with Crippen LogP contribution in [0.25, 0.3) is 12.2 Å². The molecule has 134 valence electrons. The number of nitriles is 2. The van der Waals surface area contributed by atoms with Crippen LogP contribution >= 0.6 is 0 Å². The molecule has 0 amide bonds. The van der Waals surface area contributed by atoms with Crippen molar-refractivity contribution < 1.29 is 9.84 Å². The average molecular weight is 356 g/mol. The van der Waals surface area contributed by atoms with Crippen molar-refractivity contribution in [2.24, 2.45) is 0 Å². The van der Waals surface area contributed by atoms with Gasteiger partial charge in [-0.3, -0.25) is 0 Å². The minimum Gasteiger partial charge on any atom is -0.508 e. The lowest BCUT2D eigenvalue weighted by Crippen LogP contribution is -2.32. The van der Waals surface area contributed by atoms with Crippen LogP contribution in [0.3, 0.4) is 0 Å². The predicted molar refractivity (Wildman–Crippen MR) is 105 cm³/mol. The summed E-state index contributed by atoms with van der Waals surface area (Å²) in [5.41, 5.74) is 3.12. The minimum atomic E-state index is -0.164. The maximum Gasteiger partial charge on any atom is 0.123 e. The van der Waals surface area contributed by atoms with Crippen molar-refractivity contribution in [1.29, 1.82) is 10.5 Å². The average Bonchev–Trinajstić information content (AvgIpc) is 2.65. The van der Waals surface area contributed by atoms with Crippen LogP contribution in [0.5, 0.6) is 11.5 Å². The van der Waals surface area contributed by atoms with Gasteiger partial charge in [-0.15, -0.1) is 0 Å². The quantitative estimate of drug-likeness (QED) is 0.619. The molecule has 1 aliphatic heterocycles. The molecule has 1 aliphatic rings. The second-order valence-electron chi connectivity index (χ2n) is 7.16. The van der Waals surface area contributed by atoms with E-state index in [9.17, 15) is 15.6 Å². The largest absolute Gasteiger partial charge is 0.508 e. The molecule has 4 heteroatoms. The molecule has 0 unspecified atom stereocenters. The normalized spacial score (nSPS) is 15.9. The van der Waals surface area contributed by atoms with E-state index in [4.69, 9.17) is 4.74 Å². The Morgan fingerprint density at radius 3 is 2.22 bits per heavy atom. The maximum absolute atomic E-state index is 9.54. The summed E-state index contributed by atoms with van der Waals surface area (Å²) in [6, 6.07) is 16.5. The number of benzene rings is 2. The molecule has 0 bridgehead atoms. The third-order valence-corrected chi connectivity index (χ3v) is 4.51. The van der Waals surface area contributed by atoms with Gasteiger partial charge >= 0.3 is 0 Å². The Bertz CT molecular complexity index is 1000. The van der Waals surface area contributed by atoms with Gasteiger partial charge in [0.05, 0.1) is 11.1 Å². The van der Waals surface area contributed by atoms with Gasteiger partial charge in [-0.1, -0.05) is 18.2 Å². The molecule has 0 radical (unpaired) electrons. The zero-order valence-corrected chi connectivity index (χ0v) is 15.4. The Morgan fingerprint density at radius 2 is 1.59 bits per heavy atom. The molecule has 0 aromatic heterocycles. The van der Waals surface area contributed by atoms with Crippen molar-refractivity contribution in [1.82, 2.24) is 0 Å². The summed E-state index contributed by atoms with van der Waals surface area (Å²) in [6.07, 6.45) is 5.21. The molecule has 4 nitrogen and oxygen atoms in total. The molecule has 2 aromatic carbocycles. The number of aryl methyl sites for hydroxylation is 1. The lowest BCUT2D eigenvalue weighted by Gasteiger charge is -2.32. The van der Waals surface area contributed by atoms with E-state index < -0.39 is 0 Å². The van der Waals surface area contributed by atoms with Gasteiger partial charge in [-0.2, -0.15) is 10.5 Å². The van der Waals surface area contributed by atoms with E-state index in [2.05, 4.69) is 26.0 Å². The highest BCUT2D eigenvalue weighted by Gasteiger charge is 2.26. The zero-order chi connectivity index (χ0) is 19.4. The highest BCUT2D eigenvalue weighted by molar-refractivity contribution is 5.74. The number of nitrogens with zero attached hydrogens (tertiary/aromatic N) is 2. The molecule has 0 saturated heterocycles. The highest BCUT2D eigenvalue weighted by atomic mass is 16.5. The van der Waals surface area contributed by atoms with Crippen LogP contribution in [0.4, 0.5) is 0 Å². The Balaban J connectivity index is 1.93. The molecular formula is C23H20N2O2.